The lowest BCUT2D eigenvalue weighted by Crippen LogP contribution is -2.46. The third-order valence-corrected chi connectivity index (χ3v) is 5.66. The van der Waals surface area contributed by atoms with Crippen molar-refractivity contribution < 1.29 is 23.1 Å². The van der Waals surface area contributed by atoms with E-state index in [0.29, 0.717) is 11.4 Å². The van der Waals surface area contributed by atoms with Gasteiger partial charge in [0.25, 0.3) is 0 Å². The molecule has 152 valence electrons. The number of hydrogen-bond donors (Lipinski definition) is 1. The Morgan fingerprint density at radius 2 is 1.81 bits per heavy atom. The van der Waals surface area contributed by atoms with Gasteiger partial charge in [-0.25, -0.2) is 4.98 Å². The summed E-state index contributed by atoms with van der Waals surface area (Å²) in [5, 5.41) is 9.47. The van der Waals surface area contributed by atoms with Crippen molar-refractivity contribution >= 4 is 5.91 Å². The molecule has 3 heterocycles. The maximum absolute atomic E-state index is 13.5. The van der Waals surface area contributed by atoms with E-state index >= 15 is 0 Å². The molecule has 1 aromatic heterocycles. The van der Waals surface area contributed by atoms with E-state index in [-0.39, 0.29) is 38.1 Å². The third-order valence-electron chi connectivity index (χ3n) is 5.66. The third kappa shape index (κ3) is 3.85. The van der Waals surface area contributed by atoms with Crippen LogP contribution in [0, 0.1) is 5.41 Å². The SMILES string of the molecule is CN1CCC(c2nc(C(F)(F)F)n3c2CN(C(=O)C(C)(C)CO)CC3)CC1. The summed E-state index contributed by atoms with van der Waals surface area (Å²) >= 11 is 0. The zero-order valence-corrected chi connectivity index (χ0v) is 16.0. The molecule has 2 aliphatic rings. The number of fused-ring (bicyclic) bond motifs is 1. The van der Waals surface area contributed by atoms with Gasteiger partial charge in [-0.1, -0.05) is 0 Å². The smallest absolute Gasteiger partial charge is 0.395 e. The standard InChI is InChI=1S/C18H27F3N4O2/c1-17(2,11-26)16(27)24-8-9-25-13(10-24)14(22-15(25)18(19,20)21)12-4-6-23(3)7-5-12/h12,26H,4-11H2,1-3H3. The molecule has 0 atom stereocenters. The van der Waals surface area contributed by atoms with Crippen LogP contribution in [0.4, 0.5) is 13.2 Å². The number of aliphatic hydroxyl groups excluding tert-OH is 1. The lowest BCUT2D eigenvalue weighted by atomic mass is 9.90. The Morgan fingerprint density at radius 1 is 1.19 bits per heavy atom. The highest BCUT2D eigenvalue weighted by molar-refractivity contribution is 5.82. The van der Waals surface area contributed by atoms with Gasteiger partial charge in [-0.2, -0.15) is 13.2 Å². The minimum atomic E-state index is -4.52. The van der Waals surface area contributed by atoms with E-state index in [1.54, 1.807) is 18.7 Å². The first-order valence-corrected chi connectivity index (χ1v) is 9.30. The number of hydrogen-bond acceptors (Lipinski definition) is 4. The molecule has 1 aromatic rings. The first-order valence-electron chi connectivity index (χ1n) is 9.30. The Balaban J connectivity index is 1.95. The first kappa shape index (κ1) is 20.1. The number of alkyl halides is 3. The van der Waals surface area contributed by atoms with Crippen molar-refractivity contribution in [2.45, 2.75) is 51.9 Å². The van der Waals surface area contributed by atoms with E-state index < -0.39 is 17.4 Å². The molecule has 0 unspecified atom stereocenters. The maximum Gasteiger partial charge on any atom is 0.449 e. The largest absolute Gasteiger partial charge is 0.449 e. The molecule has 1 N–H and O–H groups in total. The van der Waals surface area contributed by atoms with Crippen molar-refractivity contribution in [3.05, 3.63) is 17.2 Å². The van der Waals surface area contributed by atoms with Crippen LogP contribution in [0.25, 0.3) is 0 Å². The van der Waals surface area contributed by atoms with E-state index in [1.165, 1.54) is 4.57 Å². The Labute approximate surface area is 157 Å². The molecule has 0 radical (unpaired) electrons. The summed E-state index contributed by atoms with van der Waals surface area (Å²) in [5.74, 6) is -1.14. The van der Waals surface area contributed by atoms with Crippen LogP contribution in [0.5, 0.6) is 0 Å². The number of amides is 1. The summed E-state index contributed by atoms with van der Waals surface area (Å²) < 4.78 is 41.8. The normalized spacial score (nSPS) is 20.0. The van der Waals surface area contributed by atoms with Gasteiger partial charge in [0.2, 0.25) is 11.7 Å². The number of halogens is 3. The van der Waals surface area contributed by atoms with Gasteiger partial charge in [0.05, 0.1) is 30.0 Å². The van der Waals surface area contributed by atoms with Crippen LogP contribution in [0.3, 0.4) is 0 Å². The molecule has 1 saturated heterocycles. The predicted octanol–water partition coefficient (Wildman–Crippen LogP) is 2.07. The van der Waals surface area contributed by atoms with Crippen LogP contribution in [-0.4, -0.2) is 63.7 Å². The number of aromatic nitrogens is 2. The Bertz CT molecular complexity index is 706. The highest BCUT2D eigenvalue weighted by Gasteiger charge is 2.43. The summed E-state index contributed by atoms with van der Waals surface area (Å²) in [7, 11) is 2.00. The summed E-state index contributed by atoms with van der Waals surface area (Å²) in [6, 6.07) is 0. The topological polar surface area (TPSA) is 61.6 Å². The Morgan fingerprint density at radius 3 is 2.37 bits per heavy atom. The number of likely N-dealkylation sites (tertiary alicyclic amines) is 1. The van der Waals surface area contributed by atoms with Crippen LogP contribution in [-0.2, 0) is 24.1 Å². The van der Waals surface area contributed by atoms with E-state index in [2.05, 4.69) is 9.88 Å². The maximum atomic E-state index is 13.5. The van der Waals surface area contributed by atoms with Crippen molar-refractivity contribution in [1.29, 1.82) is 0 Å². The summed E-state index contributed by atoms with van der Waals surface area (Å²) in [6.07, 6.45) is -3.00. The number of rotatable bonds is 3. The average Bonchev–Trinajstić information content (AvgIpc) is 3.00. The van der Waals surface area contributed by atoms with Gasteiger partial charge in [0.1, 0.15) is 0 Å². The van der Waals surface area contributed by atoms with E-state index in [9.17, 15) is 23.1 Å². The molecule has 0 aliphatic carbocycles. The minimum absolute atomic E-state index is 0.0283. The van der Waals surface area contributed by atoms with Gasteiger partial charge < -0.3 is 19.5 Å². The molecule has 6 nitrogen and oxygen atoms in total. The fraction of sp³-hybridized carbons (Fsp3) is 0.778. The summed E-state index contributed by atoms with van der Waals surface area (Å²) in [5.41, 5.74) is 0.0166. The van der Waals surface area contributed by atoms with Crippen molar-refractivity contribution in [2.75, 3.05) is 33.3 Å². The van der Waals surface area contributed by atoms with Crippen LogP contribution in [0.1, 0.15) is 49.8 Å². The van der Waals surface area contributed by atoms with Gasteiger partial charge in [-0.3, -0.25) is 4.79 Å². The average molecular weight is 388 g/mol. The van der Waals surface area contributed by atoms with Gasteiger partial charge in [0.15, 0.2) is 0 Å². The second-order valence-electron chi connectivity index (χ2n) is 8.26. The molecular formula is C18H27F3N4O2. The number of carbonyl (C=O) groups is 1. The fourth-order valence-corrected chi connectivity index (χ4v) is 3.89. The first-order chi connectivity index (χ1) is 12.5. The highest BCUT2D eigenvalue weighted by Crippen LogP contribution is 2.37. The molecule has 3 rings (SSSR count). The van der Waals surface area contributed by atoms with E-state index in [4.69, 9.17) is 0 Å². The van der Waals surface area contributed by atoms with Crippen LogP contribution < -0.4 is 0 Å². The lowest BCUT2D eigenvalue weighted by Gasteiger charge is -2.35. The molecule has 0 spiro atoms. The number of piperidine rings is 1. The fourth-order valence-electron chi connectivity index (χ4n) is 3.89. The van der Waals surface area contributed by atoms with E-state index in [1.807, 2.05) is 7.05 Å². The van der Waals surface area contributed by atoms with Crippen molar-refractivity contribution in [2.24, 2.45) is 5.41 Å². The minimum Gasteiger partial charge on any atom is -0.395 e. The number of carbonyl (C=O) groups excluding carboxylic acids is 1. The van der Waals surface area contributed by atoms with Crippen molar-refractivity contribution in [1.82, 2.24) is 19.4 Å². The zero-order valence-electron chi connectivity index (χ0n) is 16.0. The zero-order chi connectivity index (χ0) is 20.0. The molecule has 27 heavy (non-hydrogen) atoms. The highest BCUT2D eigenvalue weighted by atomic mass is 19.4. The predicted molar refractivity (Wildman–Crippen MR) is 93.0 cm³/mol. The van der Waals surface area contributed by atoms with Crippen molar-refractivity contribution in [3.8, 4) is 0 Å². The number of nitrogens with zero attached hydrogens (tertiary/aromatic N) is 4. The number of aliphatic hydroxyl groups is 1. The Hall–Kier alpha value is -1.61. The number of imidazole rings is 1. The van der Waals surface area contributed by atoms with Gasteiger partial charge in [0, 0.05) is 19.0 Å². The monoisotopic (exact) mass is 388 g/mol. The molecule has 9 heteroatoms. The molecule has 1 amide bonds. The van der Waals surface area contributed by atoms with Gasteiger partial charge in [-0.15, -0.1) is 0 Å². The van der Waals surface area contributed by atoms with Crippen LogP contribution in [0.15, 0.2) is 0 Å². The van der Waals surface area contributed by atoms with Gasteiger partial charge in [-0.05, 0) is 46.8 Å². The quantitative estimate of drug-likeness (QED) is 0.861. The second-order valence-corrected chi connectivity index (χ2v) is 8.26. The summed E-state index contributed by atoms with van der Waals surface area (Å²) in [4.78, 5) is 20.4. The molecule has 2 aliphatic heterocycles. The molecular weight excluding hydrogens is 361 g/mol. The van der Waals surface area contributed by atoms with Crippen LogP contribution in [0.2, 0.25) is 0 Å². The van der Waals surface area contributed by atoms with E-state index in [0.717, 1.165) is 25.9 Å². The molecule has 0 bridgehead atoms. The molecule has 0 saturated carbocycles. The van der Waals surface area contributed by atoms with Crippen LogP contribution >= 0.6 is 0 Å². The molecule has 1 fully saturated rings. The Kier molecular flexibility index (Phi) is 5.28. The van der Waals surface area contributed by atoms with Crippen molar-refractivity contribution in [3.63, 3.8) is 0 Å². The second kappa shape index (κ2) is 7.09. The van der Waals surface area contributed by atoms with Gasteiger partial charge >= 0.3 is 6.18 Å². The molecule has 0 aromatic carbocycles. The lowest BCUT2D eigenvalue weighted by molar-refractivity contribution is -0.149. The summed E-state index contributed by atoms with van der Waals surface area (Å²) in [6.45, 7) is 4.96.